The van der Waals surface area contributed by atoms with E-state index >= 15 is 0 Å². The highest BCUT2D eigenvalue weighted by molar-refractivity contribution is 7.27. The van der Waals surface area contributed by atoms with E-state index in [9.17, 15) is 0 Å². The Labute approximate surface area is 316 Å². The van der Waals surface area contributed by atoms with Gasteiger partial charge in [0.25, 0.3) is 0 Å². The zero-order chi connectivity index (χ0) is 35.1. The van der Waals surface area contributed by atoms with Crippen LogP contribution in [0.3, 0.4) is 0 Å². The Morgan fingerprint density at radius 3 is 1.36 bits per heavy atom. The van der Waals surface area contributed by atoms with Gasteiger partial charge in [-0.05, 0) is 76.3 Å². The van der Waals surface area contributed by atoms with E-state index < -0.39 is 0 Å². The molecule has 0 N–H and O–H groups in total. The molecule has 10 rings (SSSR count). The molecule has 0 amide bonds. The second-order valence-electron chi connectivity index (χ2n) is 13.2. The highest BCUT2D eigenvalue weighted by Crippen LogP contribution is 2.47. The van der Waals surface area contributed by atoms with Crippen molar-refractivity contribution in [3.8, 4) is 44.0 Å². The van der Waals surface area contributed by atoms with Crippen LogP contribution in [0.15, 0.2) is 194 Å². The summed E-state index contributed by atoms with van der Waals surface area (Å²) in [6.45, 7) is 0. The minimum atomic E-state index is 1.05. The van der Waals surface area contributed by atoms with Gasteiger partial charge in [-0.2, -0.15) is 0 Å². The molecule has 8 aromatic carbocycles. The van der Waals surface area contributed by atoms with Crippen molar-refractivity contribution >= 4 is 70.1 Å². The van der Waals surface area contributed by atoms with Gasteiger partial charge in [-0.1, -0.05) is 146 Å². The maximum atomic E-state index is 5.31. The van der Waals surface area contributed by atoms with Crippen LogP contribution in [-0.2, 0) is 0 Å². The molecule has 2 heterocycles. The number of benzene rings is 8. The molecule has 0 aliphatic rings. The Morgan fingerprint density at radius 1 is 0.358 bits per heavy atom. The highest BCUT2D eigenvalue weighted by Gasteiger charge is 2.20. The fraction of sp³-hybridized carbons (Fsp3) is 0. The van der Waals surface area contributed by atoms with Crippen molar-refractivity contribution in [2.45, 2.75) is 0 Å². The Balaban J connectivity index is 1.11. The average molecular weight is 713 g/mol. The number of rotatable bonds is 7. The molecule has 0 aliphatic carbocycles. The van der Waals surface area contributed by atoms with Gasteiger partial charge < -0.3 is 4.90 Å². The number of anilines is 3. The minimum absolute atomic E-state index is 1.05. The van der Waals surface area contributed by atoms with Crippen LogP contribution in [0.1, 0.15) is 0 Å². The first kappa shape index (κ1) is 31.4. The zero-order valence-electron chi connectivity index (χ0n) is 28.7. The molecular formula is C49H32N2S2. The first-order valence-electron chi connectivity index (χ1n) is 17.8. The summed E-state index contributed by atoms with van der Waals surface area (Å²) in [5, 5.41) is 3.63. The third kappa shape index (κ3) is 5.79. The SMILES string of the molecule is c1ccc(-c2ccc(N(c3ccc(-c4ccccc4)cc3)c3ccc(-c4c5nc(-c6ccccc6)sc5cc5c4sc4ccccc45)cc3)cc2)cc1. The molecule has 0 fully saturated rings. The van der Waals surface area contributed by atoms with E-state index in [-0.39, 0.29) is 0 Å². The number of hydrogen-bond donors (Lipinski definition) is 0. The summed E-state index contributed by atoms with van der Waals surface area (Å²) < 4.78 is 3.78. The van der Waals surface area contributed by atoms with Gasteiger partial charge in [-0.25, -0.2) is 4.98 Å². The van der Waals surface area contributed by atoms with Gasteiger partial charge >= 0.3 is 0 Å². The molecule has 2 aromatic heterocycles. The van der Waals surface area contributed by atoms with E-state index in [0.29, 0.717) is 0 Å². The lowest BCUT2D eigenvalue weighted by Gasteiger charge is -2.26. The Bertz CT molecular complexity index is 2760. The summed E-state index contributed by atoms with van der Waals surface area (Å²) in [7, 11) is 0. The van der Waals surface area contributed by atoms with Crippen molar-refractivity contribution in [1.82, 2.24) is 4.98 Å². The van der Waals surface area contributed by atoms with Crippen LogP contribution >= 0.6 is 22.7 Å². The second-order valence-corrected chi connectivity index (χ2v) is 15.2. The maximum absolute atomic E-state index is 5.31. The molecule has 0 spiro atoms. The first-order valence-corrected chi connectivity index (χ1v) is 19.4. The average Bonchev–Trinajstić information content (AvgIpc) is 3.83. The number of thiophene rings is 1. The lowest BCUT2D eigenvalue weighted by atomic mass is 10.00. The fourth-order valence-electron chi connectivity index (χ4n) is 7.31. The molecule has 10 aromatic rings. The number of aromatic nitrogens is 1. The van der Waals surface area contributed by atoms with Crippen LogP contribution < -0.4 is 4.90 Å². The van der Waals surface area contributed by atoms with Gasteiger partial charge in [-0.3, -0.25) is 0 Å². The molecule has 2 nitrogen and oxygen atoms in total. The van der Waals surface area contributed by atoms with Crippen LogP contribution in [0.5, 0.6) is 0 Å². The maximum Gasteiger partial charge on any atom is 0.124 e. The highest BCUT2D eigenvalue weighted by atomic mass is 32.1. The smallest absolute Gasteiger partial charge is 0.124 e. The van der Waals surface area contributed by atoms with Gasteiger partial charge in [-0.15, -0.1) is 22.7 Å². The quantitative estimate of drug-likeness (QED) is 0.164. The molecule has 53 heavy (non-hydrogen) atoms. The van der Waals surface area contributed by atoms with Gasteiger partial charge in [0.2, 0.25) is 0 Å². The van der Waals surface area contributed by atoms with Crippen LogP contribution in [0.25, 0.3) is 74.3 Å². The summed E-state index contributed by atoms with van der Waals surface area (Å²) in [6.07, 6.45) is 0. The molecule has 0 bridgehead atoms. The molecular weight excluding hydrogens is 681 g/mol. The van der Waals surface area contributed by atoms with E-state index in [1.807, 2.05) is 11.3 Å². The molecule has 250 valence electrons. The zero-order valence-corrected chi connectivity index (χ0v) is 30.3. The Morgan fingerprint density at radius 2 is 0.811 bits per heavy atom. The lowest BCUT2D eigenvalue weighted by Crippen LogP contribution is -2.09. The summed E-state index contributed by atoms with van der Waals surface area (Å²) >= 11 is 3.63. The van der Waals surface area contributed by atoms with Crippen molar-refractivity contribution < 1.29 is 0 Å². The fourth-order valence-corrected chi connectivity index (χ4v) is 9.58. The Kier molecular flexibility index (Phi) is 7.90. The summed E-state index contributed by atoms with van der Waals surface area (Å²) in [4.78, 5) is 7.66. The topological polar surface area (TPSA) is 16.1 Å². The monoisotopic (exact) mass is 712 g/mol. The largest absolute Gasteiger partial charge is 0.311 e. The number of hydrogen-bond acceptors (Lipinski definition) is 4. The van der Waals surface area contributed by atoms with Crippen LogP contribution in [-0.4, -0.2) is 4.98 Å². The number of fused-ring (bicyclic) bond motifs is 4. The third-order valence-corrected chi connectivity index (χ3v) is 12.2. The summed E-state index contributed by atoms with van der Waals surface area (Å²) in [5.41, 5.74) is 12.7. The molecule has 0 atom stereocenters. The van der Waals surface area contributed by atoms with Gasteiger partial charge in [0.05, 0.1) is 10.2 Å². The van der Waals surface area contributed by atoms with Gasteiger partial charge in [0.15, 0.2) is 0 Å². The Hall–Kier alpha value is -6.33. The van der Waals surface area contributed by atoms with Crippen molar-refractivity contribution in [3.63, 3.8) is 0 Å². The van der Waals surface area contributed by atoms with E-state index in [2.05, 4.69) is 199 Å². The van der Waals surface area contributed by atoms with Gasteiger partial charge in [0, 0.05) is 48.4 Å². The standard InChI is InChI=1S/C49H32N2S2/c1-4-12-33(13-5-1)35-20-26-39(27-21-35)51(40-28-22-36(23-29-40)34-14-6-2-7-15-34)41-30-24-37(25-31-41)46-47-45(53-49(50-47)38-16-8-3-9-17-38)32-43-42-18-10-11-19-44(42)52-48(43)46/h1-32H. The van der Waals surface area contributed by atoms with Crippen molar-refractivity contribution in [2.75, 3.05) is 4.90 Å². The van der Waals surface area contributed by atoms with Crippen molar-refractivity contribution in [2.24, 2.45) is 0 Å². The van der Waals surface area contributed by atoms with E-state index in [4.69, 9.17) is 4.98 Å². The minimum Gasteiger partial charge on any atom is -0.311 e. The first-order chi connectivity index (χ1) is 26.3. The van der Waals surface area contributed by atoms with E-state index in [0.717, 1.165) is 33.1 Å². The summed E-state index contributed by atoms with van der Waals surface area (Å²) in [5.74, 6) is 0. The summed E-state index contributed by atoms with van der Waals surface area (Å²) in [6, 6.07) is 69.6. The molecule has 0 unspecified atom stereocenters. The molecule has 4 heteroatoms. The van der Waals surface area contributed by atoms with Crippen LogP contribution in [0, 0.1) is 0 Å². The normalized spacial score (nSPS) is 11.4. The third-order valence-electron chi connectivity index (χ3n) is 9.93. The van der Waals surface area contributed by atoms with Gasteiger partial charge in [0.1, 0.15) is 5.01 Å². The van der Waals surface area contributed by atoms with Crippen LogP contribution in [0.4, 0.5) is 17.1 Å². The van der Waals surface area contributed by atoms with Crippen LogP contribution in [0.2, 0.25) is 0 Å². The molecule has 0 saturated carbocycles. The molecule has 0 radical (unpaired) electrons. The van der Waals surface area contributed by atoms with Crippen molar-refractivity contribution in [3.05, 3.63) is 194 Å². The number of nitrogens with zero attached hydrogens (tertiary/aromatic N) is 2. The van der Waals surface area contributed by atoms with E-state index in [1.165, 1.54) is 58.3 Å². The lowest BCUT2D eigenvalue weighted by molar-refractivity contribution is 1.28. The molecule has 0 saturated heterocycles. The second kappa shape index (κ2) is 13.3. The number of thiazole rings is 1. The predicted octanol–water partition coefficient (Wildman–Crippen LogP) is 14.8. The molecule has 0 aliphatic heterocycles. The van der Waals surface area contributed by atoms with Crippen molar-refractivity contribution in [1.29, 1.82) is 0 Å². The predicted molar refractivity (Wildman–Crippen MR) is 229 cm³/mol. The van der Waals surface area contributed by atoms with E-state index in [1.54, 1.807) is 11.3 Å².